The van der Waals surface area contributed by atoms with E-state index >= 15 is 8.78 Å². The van der Waals surface area contributed by atoms with E-state index in [0.717, 1.165) is 16.5 Å². The molecule has 2 aliphatic carbocycles. The number of aromatic hydroxyl groups is 1. The summed E-state index contributed by atoms with van der Waals surface area (Å²) in [5, 5.41) is 11.2. The molecule has 4 aromatic carbocycles. The van der Waals surface area contributed by atoms with Crippen molar-refractivity contribution in [3.05, 3.63) is 123 Å². The molecule has 59 heavy (non-hydrogen) atoms. The lowest BCUT2D eigenvalue weighted by Crippen LogP contribution is -2.60. The van der Waals surface area contributed by atoms with Gasteiger partial charge >= 0.3 is 0 Å². The van der Waals surface area contributed by atoms with E-state index in [2.05, 4.69) is 0 Å². The molecule has 2 aliphatic heterocycles. The highest BCUT2D eigenvalue weighted by molar-refractivity contribution is 6.58. The lowest BCUT2D eigenvalue weighted by atomic mass is 9.56. The summed E-state index contributed by atoms with van der Waals surface area (Å²) in [6, 6.07) is 15.4. The highest BCUT2D eigenvalue weighted by Crippen LogP contribution is 2.67. The number of alkyl halides is 2. The molecule has 2 heterocycles. The van der Waals surface area contributed by atoms with Gasteiger partial charge in [-0.15, -0.1) is 23.2 Å². The summed E-state index contributed by atoms with van der Waals surface area (Å²) >= 11 is 20.6. The quantitative estimate of drug-likeness (QED) is 0.0376. The molecule has 6 unspecified atom stereocenters. The topological polar surface area (TPSA) is 113 Å². The molecular weight excluding hydrogens is 846 g/mol. The maximum Gasteiger partial charge on any atom is 0.258 e. The van der Waals surface area contributed by atoms with Gasteiger partial charge < -0.3 is 14.6 Å². The van der Waals surface area contributed by atoms with Crippen molar-refractivity contribution >= 4 is 82.0 Å². The summed E-state index contributed by atoms with van der Waals surface area (Å²) in [5.74, 6) is -21.5. The van der Waals surface area contributed by atoms with Crippen LogP contribution in [0.25, 0.3) is 12.2 Å². The number of phenols is 1. The molecule has 4 aliphatic rings. The predicted molar refractivity (Wildman–Crippen MR) is 207 cm³/mol. The van der Waals surface area contributed by atoms with Crippen molar-refractivity contribution < 1.29 is 55.7 Å². The summed E-state index contributed by atoms with van der Waals surface area (Å²) in [6.45, 7) is 0. The number of anilines is 2. The van der Waals surface area contributed by atoms with Gasteiger partial charge in [0.25, 0.3) is 11.8 Å². The van der Waals surface area contributed by atoms with E-state index in [0.29, 0.717) is 17.1 Å². The highest BCUT2D eigenvalue weighted by Gasteiger charge is 2.77. The van der Waals surface area contributed by atoms with Gasteiger partial charge in [-0.3, -0.25) is 24.1 Å². The van der Waals surface area contributed by atoms with Crippen LogP contribution in [0.3, 0.4) is 0 Å². The maximum atomic E-state index is 15.3. The number of hydrogen-bond acceptors (Lipinski definition) is 7. The minimum absolute atomic E-state index is 0.00209. The molecule has 0 aromatic heterocycles. The fraction of sp³-hybridized carbons (Fsp3) is 0.238. The summed E-state index contributed by atoms with van der Waals surface area (Å²) in [5.41, 5.74) is -0.317. The van der Waals surface area contributed by atoms with Gasteiger partial charge in [-0.05, 0) is 72.9 Å². The van der Waals surface area contributed by atoms with E-state index in [1.54, 1.807) is 54.6 Å². The molecule has 304 valence electrons. The number of amides is 4. The molecule has 1 saturated carbocycles. The van der Waals surface area contributed by atoms with Gasteiger partial charge in [0.2, 0.25) is 17.6 Å². The van der Waals surface area contributed by atoms with Crippen LogP contribution in [0.15, 0.2) is 72.3 Å². The van der Waals surface area contributed by atoms with Crippen LogP contribution in [-0.2, 0) is 19.2 Å². The SMILES string of the molecule is COc1ccc(OC)c(C=Cc2ccc(N3C(=O)C4CC=C5C(CC6(Cl)C(=O)N(c7c(F)c(F)c(F)c(F)c7F)C(=O)C6(Cl)C5c5cc(Cl)ccc5O)C4C3=O)cc2)c1. The predicted octanol–water partition coefficient (Wildman–Crippen LogP) is 8.70. The second-order valence-electron chi connectivity index (χ2n) is 14.4. The molecule has 6 atom stereocenters. The fourth-order valence-corrected chi connectivity index (χ4v) is 9.92. The minimum Gasteiger partial charge on any atom is -0.508 e. The van der Waals surface area contributed by atoms with Gasteiger partial charge in [0.05, 0.1) is 31.7 Å². The number of imide groups is 2. The van der Waals surface area contributed by atoms with Crippen molar-refractivity contribution in [3.8, 4) is 17.2 Å². The number of carbonyl (C=O) groups is 4. The summed E-state index contributed by atoms with van der Waals surface area (Å²) in [4.78, 5) is 52.6. The third-order valence-corrected chi connectivity index (χ3v) is 13.2. The Morgan fingerprint density at radius 2 is 1.42 bits per heavy atom. The summed E-state index contributed by atoms with van der Waals surface area (Å²) in [7, 11) is 3.07. The van der Waals surface area contributed by atoms with Gasteiger partial charge in [-0.1, -0.05) is 47.5 Å². The lowest BCUT2D eigenvalue weighted by molar-refractivity contribution is -0.125. The Kier molecular flexibility index (Phi) is 9.84. The first kappa shape index (κ1) is 40.3. The van der Waals surface area contributed by atoms with E-state index in [-0.39, 0.29) is 33.2 Å². The number of hydrogen-bond donors (Lipinski definition) is 1. The zero-order chi connectivity index (χ0) is 42.5. The number of benzene rings is 4. The first-order chi connectivity index (χ1) is 28.0. The zero-order valence-corrected chi connectivity index (χ0v) is 32.8. The number of ether oxygens (including phenoxy) is 2. The Morgan fingerprint density at radius 1 is 0.763 bits per heavy atom. The molecule has 0 radical (unpaired) electrons. The molecule has 17 heteroatoms. The Labute approximate surface area is 347 Å². The molecule has 9 nitrogen and oxygen atoms in total. The lowest BCUT2D eigenvalue weighted by Gasteiger charge is -2.50. The molecule has 1 N–H and O–H groups in total. The summed E-state index contributed by atoms with van der Waals surface area (Å²) in [6.07, 6.45) is 4.30. The van der Waals surface area contributed by atoms with Crippen LogP contribution < -0.4 is 19.3 Å². The number of phenolic OH excluding ortho intramolecular Hbond substituents is 1. The first-order valence-corrected chi connectivity index (χ1v) is 19.0. The molecular formula is C42H28Cl3F5N2O7. The molecule has 4 aromatic rings. The smallest absolute Gasteiger partial charge is 0.258 e. The minimum atomic E-state index is -2.81. The van der Waals surface area contributed by atoms with Crippen LogP contribution in [0.2, 0.25) is 5.02 Å². The van der Waals surface area contributed by atoms with Crippen LogP contribution in [0.1, 0.15) is 35.4 Å². The van der Waals surface area contributed by atoms with Crippen molar-refractivity contribution in [2.75, 3.05) is 24.0 Å². The van der Waals surface area contributed by atoms with E-state index in [9.17, 15) is 37.5 Å². The van der Waals surface area contributed by atoms with Gasteiger partial charge in [0.1, 0.15) is 22.9 Å². The first-order valence-electron chi connectivity index (χ1n) is 17.8. The number of rotatable bonds is 7. The zero-order valence-electron chi connectivity index (χ0n) is 30.5. The van der Waals surface area contributed by atoms with Crippen LogP contribution in [0, 0.1) is 46.8 Å². The largest absolute Gasteiger partial charge is 0.508 e. The van der Waals surface area contributed by atoms with Crippen LogP contribution in [-0.4, -0.2) is 52.7 Å². The van der Waals surface area contributed by atoms with Crippen molar-refractivity contribution in [3.63, 3.8) is 0 Å². The number of halogens is 8. The van der Waals surface area contributed by atoms with Crippen LogP contribution >= 0.6 is 34.8 Å². The molecule has 4 amide bonds. The molecule has 0 spiro atoms. The third kappa shape index (κ3) is 5.77. The second kappa shape index (κ2) is 14.4. The van der Waals surface area contributed by atoms with E-state index in [4.69, 9.17) is 44.3 Å². The average Bonchev–Trinajstić information content (AvgIpc) is 3.57. The van der Waals surface area contributed by atoms with Crippen LogP contribution in [0.5, 0.6) is 17.2 Å². The number of allylic oxidation sites excluding steroid dienone is 2. The Hall–Kier alpha value is -5.44. The third-order valence-electron chi connectivity index (χ3n) is 11.6. The number of carbonyl (C=O) groups excluding carboxylic acids is 4. The van der Waals surface area contributed by atoms with E-state index in [1.165, 1.54) is 32.4 Å². The normalized spacial score (nSPS) is 26.3. The van der Waals surface area contributed by atoms with E-state index < -0.39 is 104 Å². The molecule has 2 saturated heterocycles. The molecule has 8 rings (SSSR count). The molecule has 3 fully saturated rings. The maximum absolute atomic E-state index is 15.3. The van der Waals surface area contributed by atoms with Crippen molar-refractivity contribution in [2.45, 2.75) is 28.5 Å². The molecule has 0 bridgehead atoms. The Morgan fingerprint density at radius 3 is 2.07 bits per heavy atom. The van der Waals surface area contributed by atoms with Crippen molar-refractivity contribution in [1.82, 2.24) is 0 Å². The average molecular weight is 874 g/mol. The summed E-state index contributed by atoms with van der Waals surface area (Å²) < 4.78 is 84.5. The van der Waals surface area contributed by atoms with Gasteiger partial charge in [0.15, 0.2) is 33.0 Å². The van der Waals surface area contributed by atoms with Gasteiger partial charge in [-0.25, -0.2) is 26.9 Å². The Balaban J connectivity index is 1.19. The second-order valence-corrected chi connectivity index (χ2v) is 16.1. The van der Waals surface area contributed by atoms with Crippen LogP contribution in [0.4, 0.5) is 33.3 Å². The van der Waals surface area contributed by atoms with Gasteiger partial charge in [-0.2, -0.15) is 0 Å². The number of fused-ring (bicyclic) bond motifs is 4. The standard InChI is InChI=1S/C42H28Cl3F5N2O7/c1-58-22-10-14-28(59-2)19(15-22)6-3-18-4-8-21(9-5-18)51-37(54)24-12-11-23-26(29(24)38(51)55)17-41(44)39(56)52(36-34(49)32(47)31(46)33(48)35(36)50)40(57)42(41,45)30(23)25-16-20(43)7-13-27(25)53/h3-11,13-16,24,26,29-30,53H,12,17H2,1-2H3. The number of nitrogens with zero attached hydrogens (tertiary/aromatic N) is 2. The number of methoxy groups -OCH3 is 2. The van der Waals surface area contributed by atoms with E-state index in [1.807, 2.05) is 0 Å². The Bertz CT molecular complexity index is 2560. The van der Waals surface area contributed by atoms with Gasteiger partial charge in [0, 0.05) is 22.1 Å². The van der Waals surface area contributed by atoms with Crippen molar-refractivity contribution in [1.29, 1.82) is 0 Å². The van der Waals surface area contributed by atoms with Crippen molar-refractivity contribution in [2.24, 2.45) is 17.8 Å². The monoisotopic (exact) mass is 872 g/mol. The highest BCUT2D eigenvalue weighted by atomic mass is 35.5. The fourth-order valence-electron chi connectivity index (χ4n) is 8.81.